The van der Waals surface area contributed by atoms with E-state index in [9.17, 15) is 24.0 Å². The standard InChI is InChI=1S/C24H45N3O5.C14H20N2O3.2H2/c1-9-16(4)22(26(6)20(28)13-15(2)3)19(31-7)14-21(29)27-12-10-11-18(27)23(32-8)17(5)24(25)30;1-10(2)12(13(15)17)16(3)14(18)19-9-11-7-5-4-6-8-11;;/h15-19,22-23H,9-14H2,1-8H3,(H2,25,30);4-8,10,12H,9H2,1-3H3,(H2,15,17);2*1H/t16-,17+,18-,19+,22-,23?;;;/m0.../s1. The normalized spacial score (nSPS) is 17.7. The van der Waals surface area contributed by atoms with Crippen LogP contribution in [-0.4, -0.2) is 110 Å². The summed E-state index contributed by atoms with van der Waals surface area (Å²) >= 11 is 0. The Morgan fingerprint density at radius 2 is 1.51 bits per heavy atom. The molecule has 1 heterocycles. The molecule has 4 N–H and O–H groups in total. The maximum atomic E-state index is 13.4. The van der Waals surface area contributed by atoms with Gasteiger partial charge in [-0.3, -0.25) is 24.1 Å². The van der Waals surface area contributed by atoms with Gasteiger partial charge in [0, 0.05) is 44.1 Å². The van der Waals surface area contributed by atoms with Gasteiger partial charge in [-0.2, -0.15) is 0 Å². The van der Waals surface area contributed by atoms with Crippen molar-refractivity contribution in [3.05, 3.63) is 35.9 Å². The Bertz CT molecular complexity index is 1260. The molecule has 0 aromatic heterocycles. The first-order valence-corrected chi connectivity index (χ1v) is 18.1. The summed E-state index contributed by atoms with van der Waals surface area (Å²) in [6, 6.07) is 8.28. The number of likely N-dealkylation sites (N-methyl/N-ethyl adjacent to an activating group) is 2. The predicted octanol–water partition coefficient (Wildman–Crippen LogP) is 4.70. The van der Waals surface area contributed by atoms with Gasteiger partial charge in [0.25, 0.3) is 0 Å². The first-order valence-electron chi connectivity index (χ1n) is 18.1. The predicted molar refractivity (Wildman–Crippen MR) is 201 cm³/mol. The highest BCUT2D eigenvalue weighted by Gasteiger charge is 2.41. The number of carbonyl (C=O) groups is 5. The number of amides is 5. The van der Waals surface area contributed by atoms with Crippen LogP contribution in [0.2, 0.25) is 0 Å². The molecule has 5 amide bonds. The van der Waals surface area contributed by atoms with Gasteiger partial charge in [-0.25, -0.2) is 4.79 Å². The van der Waals surface area contributed by atoms with Crippen LogP contribution in [0.4, 0.5) is 4.79 Å². The van der Waals surface area contributed by atoms with Crippen LogP contribution in [0.5, 0.6) is 0 Å². The Balaban J connectivity index is 0. The van der Waals surface area contributed by atoms with Crippen LogP contribution < -0.4 is 11.5 Å². The summed E-state index contributed by atoms with van der Waals surface area (Å²) in [5, 5.41) is 0. The summed E-state index contributed by atoms with van der Waals surface area (Å²) in [6.07, 6.45) is 1.69. The molecule has 0 bridgehead atoms. The fourth-order valence-corrected chi connectivity index (χ4v) is 6.73. The highest BCUT2D eigenvalue weighted by atomic mass is 16.6. The van der Waals surface area contributed by atoms with Gasteiger partial charge in [0.15, 0.2) is 0 Å². The molecule has 0 spiro atoms. The zero-order chi connectivity index (χ0) is 39.0. The van der Waals surface area contributed by atoms with Gasteiger partial charge in [0.2, 0.25) is 23.6 Å². The Hall–Kier alpha value is -3.71. The number of carbonyl (C=O) groups excluding carboxylic acids is 5. The zero-order valence-electron chi connectivity index (χ0n) is 32.8. The van der Waals surface area contributed by atoms with Crippen molar-refractivity contribution in [1.29, 1.82) is 0 Å². The van der Waals surface area contributed by atoms with Crippen LogP contribution >= 0.6 is 0 Å². The first kappa shape index (κ1) is 45.3. The van der Waals surface area contributed by atoms with Crippen molar-refractivity contribution in [2.24, 2.45) is 35.1 Å². The number of nitrogens with two attached hydrogens (primary N) is 2. The summed E-state index contributed by atoms with van der Waals surface area (Å²) in [5.41, 5.74) is 11.7. The molecule has 13 nitrogen and oxygen atoms in total. The summed E-state index contributed by atoms with van der Waals surface area (Å²) < 4.78 is 16.6. The average Bonchev–Trinajstić information content (AvgIpc) is 3.56. The lowest BCUT2D eigenvalue weighted by Crippen LogP contribution is -2.53. The number of benzene rings is 1. The van der Waals surface area contributed by atoms with Crippen molar-refractivity contribution in [1.82, 2.24) is 14.7 Å². The van der Waals surface area contributed by atoms with Gasteiger partial charge < -0.3 is 35.5 Å². The molecule has 1 aliphatic heterocycles. The molecule has 1 fully saturated rings. The van der Waals surface area contributed by atoms with E-state index in [1.807, 2.05) is 70.0 Å². The lowest BCUT2D eigenvalue weighted by atomic mass is 9.90. The topological polar surface area (TPSA) is 175 Å². The Morgan fingerprint density at radius 3 is 1.98 bits per heavy atom. The number of nitrogens with zero attached hydrogens (tertiary/aromatic N) is 3. The SMILES string of the molecule is CC(C)C(C(N)=O)N(C)C(=O)OCc1ccccc1.CC[C@H](C)[C@@H]([C@@H](CC(=O)N1CCC[C@H]1C(OC)[C@@H](C)C(N)=O)OC)N(C)C(=O)CC(C)C.[HH].[HH]. The van der Waals surface area contributed by atoms with E-state index in [-0.39, 0.29) is 57.5 Å². The average molecular weight is 724 g/mol. The molecule has 2 unspecified atom stereocenters. The molecule has 1 aliphatic rings. The van der Waals surface area contributed by atoms with Crippen molar-refractivity contribution in [3.63, 3.8) is 0 Å². The quantitative estimate of drug-likeness (QED) is 0.219. The van der Waals surface area contributed by atoms with Crippen molar-refractivity contribution < 1.29 is 41.0 Å². The Morgan fingerprint density at radius 1 is 0.902 bits per heavy atom. The van der Waals surface area contributed by atoms with Crippen LogP contribution in [0.25, 0.3) is 0 Å². The minimum absolute atomic E-state index is 0. The third kappa shape index (κ3) is 13.7. The summed E-state index contributed by atoms with van der Waals surface area (Å²) in [7, 11) is 6.48. The van der Waals surface area contributed by atoms with Gasteiger partial charge in [-0.15, -0.1) is 0 Å². The van der Waals surface area contributed by atoms with Gasteiger partial charge in [-0.05, 0) is 36.2 Å². The lowest BCUT2D eigenvalue weighted by Gasteiger charge is -2.39. The molecule has 1 aromatic rings. The number of primary amides is 2. The smallest absolute Gasteiger partial charge is 0.410 e. The minimum atomic E-state index is -0.664. The van der Waals surface area contributed by atoms with E-state index in [1.165, 1.54) is 11.9 Å². The largest absolute Gasteiger partial charge is 0.445 e. The third-order valence-corrected chi connectivity index (χ3v) is 9.76. The highest BCUT2D eigenvalue weighted by Crippen LogP contribution is 2.29. The molecule has 294 valence electrons. The number of hydrogen-bond acceptors (Lipinski definition) is 8. The van der Waals surface area contributed by atoms with Gasteiger partial charge >= 0.3 is 6.09 Å². The van der Waals surface area contributed by atoms with E-state index in [0.717, 1.165) is 24.8 Å². The fraction of sp³-hybridized carbons (Fsp3) is 0.711. The van der Waals surface area contributed by atoms with E-state index in [0.29, 0.717) is 13.0 Å². The minimum Gasteiger partial charge on any atom is -0.445 e. The fourth-order valence-electron chi connectivity index (χ4n) is 6.73. The molecule has 2 rings (SSSR count). The van der Waals surface area contributed by atoms with Crippen LogP contribution in [-0.2, 0) is 40.0 Å². The van der Waals surface area contributed by atoms with Crippen LogP contribution in [0.3, 0.4) is 0 Å². The molecular formula is C38H69N5O8. The van der Waals surface area contributed by atoms with Crippen molar-refractivity contribution in [3.8, 4) is 0 Å². The number of ether oxygens (including phenoxy) is 3. The first-order chi connectivity index (χ1) is 23.9. The van der Waals surface area contributed by atoms with E-state index in [4.69, 9.17) is 25.7 Å². The monoisotopic (exact) mass is 724 g/mol. The number of likely N-dealkylation sites (tertiary alicyclic amines) is 1. The molecule has 1 aromatic carbocycles. The molecular weight excluding hydrogens is 654 g/mol. The van der Waals surface area contributed by atoms with Gasteiger partial charge in [0.05, 0.1) is 36.6 Å². The van der Waals surface area contributed by atoms with Crippen molar-refractivity contribution in [2.75, 3.05) is 34.9 Å². The number of rotatable bonds is 18. The second-order valence-electron chi connectivity index (χ2n) is 14.4. The van der Waals surface area contributed by atoms with Crippen molar-refractivity contribution in [2.45, 2.75) is 118 Å². The van der Waals surface area contributed by atoms with Crippen molar-refractivity contribution >= 4 is 29.7 Å². The summed E-state index contributed by atoms with van der Waals surface area (Å²) in [4.78, 5) is 66.0. The van der Waals surface area contributed by atoms with E-state index < -0.39 is 42.1 Å². The Labute approximate surface area is 308 Å². The van der Waals surface area contributed by atoms with Crippen LogP contribution in [0.15, 0.2) is 30.3 Å². The van der Waals surface area contributed by atoms with E-state index in [2.05, 4.69) is 13.8 Å². The second-order valence-corrected chi connectivity index (χ2v) is 14.4. The Kier molecular flexibility index (Phi) is 19.8. The molecule has 13 heteroatoms. The van der Waals surface area contributed by atoms with Crippen LogP contribution in [0, 0.1) is 23.7 Å². The highest BCUT2D eigenvalue weighted by molar-refractivity contribution is 5.84. The third-order valence-electron chi connectivity index (χ3n) is 9.76. The summed E-state index contributed by atoms with van der Waals surface area (Å²) in [5.74, 6) is -1.08. The molecule has 0 aliphatic carbocycles. The lowest BCUT2D eigenvalue weighted by molar-refractivity contribution is -0.145. The zero-order valence-corrected chi connectivity index (χ0v) is 32.8. The van der Waals surface area contributed by atoms with E-state index >= 15 is 0 Å². The van der Waals surface area contributed by atoms with E-state index in [1.54, 1.807) is 26.0 Å². The summed E-state index contributed by atoms with van der Waals surface area (Å²) in [6.45, 7) is 14.4. The molecule has 0 radical (unpaired) electrons. The number of hydrogen-bond donors (Lipinski definition) is 2. The molecule has 1 saturated heterocycles. The second kappa shape index (κ2) is 22.3. The molecule has 0 saturated carbocycles. The van der Waals surface area contributed by atoms with Crippen LogP contribution in [0.1, 0.15) is 89.0 Å². The van der Waals surface area contributed by atoms with Gasteiger partial charge in [-0.1, -0.05) is 85.2 Å². The maximum Gasteiger partial charge on any atom is 0.410 e. The molecule has 7 atom stereocenters. The van der Waals surface area contributed by atoms with Gasteiger partial charge in [0.1, 0.15) is 12.6 Å². The molecule has 51 heavy (non-hydrogen) atoms. The number of methoxy groups -OCH3 is 2. The maximum absolute atomic E-state index is 13.4.